The van der Waals surface area contributed by atoms with Crippen LogP contribution in [0.2, 0.25) is 0 Å². The van der Waals surface area contributed by atoms with E-state index in [1.807, 2.05) is 30.3 Å². The summed E-state index contributed by atoms with van der Waals surface area (Å²) in [7, 11) is 0. The van der Waals surface area contributed by atoms with E-state index in [1.54, 1.807) is 0 Å². The van der Waals surface area contributed by atoms with Gasteiger partial charge in [0.1, 0.15) is 5.67 Å². The third-order valence-electron chi connectivity index (χ3n) is 1.98. The number of nitrogens with zero attached hydrogens (tertiary/aromatic N) is 3. The van der Waals surface area contributed by atoms with Gasteiger partial charge in [0.15, 0.2) is 0 Å². The highest BCUT2D eigenvalue weighted by Gasteiger charge is 2.22. The standard InChI is InChI=1S/C11H14FN3O/c1-11(12,8-14-15-13)9-16-7-10-5-3-2-4-6-10/h2-6H,7-9H2,1H3. The highest BCUT2D eigenvalue weighted by molar-refractivity contribution is 5.13. The van der Waals surface area contributed by atoms with Gasteiger partial charge in [-0.3, -0.25) is 0 Å². The van der Waals surface area contributed by atoms with Crippen LogP contribution in [0.25, 0.3) is 10.4 Å². The Kier molecular flexibility index (Phi) is 4.76. The number of rotatable bonds is 6. The van der Waals surface area contributed by atoms with Crippen molar-refractivity contribution in [3.05, 3.63) is 46.3 Å². The Hall–Kier alpha value is -1.58. The molecule has 0 aliphatic heterocycles. The van der Waals surface area contributed by atoms with Gasteiger partial charge in [0.05, 0.1) is 19.8 Å². The fourth-order valence-electron chi connectivity index (χ4n) is 1.18. The molecule has 0 bridgehead atoms. The highest BCUT2D eigenvalue weighted by Crippen LogP contribution is 2.12. The molecule has 1 atom stereocenters. The van der Waals surface area contributed by atoms with Crippen LogP contribution in [0.1, 0.15) is 12.5 Å². The van der Waals surface area contributed by atoms with E-state index in [9.17, 15) is 4.39 Å². The Morgan fingerprint density at radius 1 is 1.44 bits per heavy atom. The lowest BCUT2D eigenvalue weighted by atomic mass is 10.1. The van der Waals surface area contributed by atoms with Gasteiger partial charge in [0, 0.05) is 4.91 Å². The fraction of sp³-hybridized carbons (Fsp3) is 0.455. The summed E-state index contributed by atoms with van der Waals surface area (Å²) in [5.41, 5.74) is 7.46. The second-order valence-electron chi connectivity index (χ2n) is 3.78. The van der Waals surface area contributed by atoms with Crippen LogP contribution >= 0.6 is 0 Å². The first-order valence-electron chi connectivity index (χ1n) is 4.95. The van der Waals surface area contributed by atoms with Gasteiger partial charge in [-0.25, -0.2) is 4.39 Å². The lowest BCUT2D eigenvalue weighted by molar-refractivity contribution is 0.0224. The molecular formula is C11H14FN3O. The predicted octanol–water partition coefficient (Wildman–Crippen LogP) is 3.24. The van der Waals surface area contributed by atoms with Gasteiger partial charge in [0.2, 0.25) is 0 Å². The average Bonchev–Trinajstić information content (AvgIpc) is 2.28. The quantitative estimate of drug-likeness (QED) is 0.415. The lowest BCUT2D eigenvalue weighted by Gasteiger charge is -2.17. The minimum absolute atomic E-state index is 0.0824. The molecule has 1 rings (SSSR count). The molecule has 0 heterocycles. The normalized spacial score (nSPS) is 13.9. The summed E-state index contributed by atoms with van der Waals surface area (Å²) in [5, 5.41) is 3.19. The molecule has 16 heavy (non-hydrogen) atoms. The summed E-state index contributed by atoms with van der Waals surface area (Å²) >= 11 is 0. The number of hydrogen-bond acceptors (Lipinski definition) is 2. The Morgan fingerprint density at radius 2 is 2.12 bits per heavy atom. The second-order valence-corrected chi connectivity index (χ2v) is 3.78. The van der Waals surface area contributed by atoms with Crippen LogP contribution in [0.15, 0.2) is 35.4 Å². The third kappa shape index (κ3) is 4.77. The molecular weight excluding hydrogens is 209 g/mol. The number of alkyl halides is 1. The first-order valence-corrected chi connectivity index (χ1v) is 4.95. The predicted molar refractivity (Wildman–Crippen MR) is 59.6 cm³/mol. The molecule has 1 unspecified atom stereocenters. The van der Waals surface area contributed by atoms with Crippen molar-refractivity contribution in [3.8, 4) is 0 Å². The molecule has 1 aromatic rings. The highest BCUT2D eigenvalue weighted by atomic mass is 19.1. The van der Waals surface area contributed by atoms with Crippen LogP contribution in [0.5, 0.6) is 0 Å². The zero-order chi connectivity index (χ0) is 11.9. The number of benzene rings is 1. The van der Waals surface area contributed by atoms with Gasteiger partial charge in [-0.2, -0.15) is 0 Å². The molecule has 4 nitrogen and oxygen atoms in total. The molecule has 0 aliphatic carbocycles. The monoisotopic (exact) mass is 223 g/mol. The fourth-order valence-corrected chi connectivity index (χ4v) is 1.18. The molecule has 0 fully saturated rings. The molecule has 0 saturated carbocycles. The molecule has 5 heteroatoms. The molecule has 0 aromatic heterocycles. The Labute approximate surface area is 93.7 Å². The minimum Gasteiger partial charge on any atom is -0.373 e. The molecule has 0 aliphatic rings. The number of azide groups is 1. The van der Waals surface area contributed by atoms with Gasteiger partial charge in [0.25, 0.3) is 0 Å². The van der Waals surface area contributed by atoms with Gasteiger partial charge < -0.3 is 4.74 Å². The Morgan fingerprint density at radius 3 is 2.75 bits per heavy atom. The van der Waals surface area contributed by atoms with Crippen molar-refractivity contribution in [2.45, 2.75) is 19.2 Å². The van der Waals surface area contributed by atoms with Crippen molar-refractivity contribution in [2.24, 2.45) is 5.11 Å². The second kappa shape index (κ2) is 6.10. The van der Waals surface area contributed by atoms with E-state index in [0.717, 1.165) is 5.56 Å². The summed E-state index contributed by atoms with van der Waals surface area (Å²) in [6, 6.07) is 9.51. The van der Waals surface area contributed by atoms with Crippen LogP contribution in [0.3, 0.4) is 0 Å². The average molecular weight is 223 g/mol. The SMILES string of the molecule is CC(F)(CN=[N+]=[N-])COCc1ccccc1. The molecule has 0 spiro atoms. The summed E-state index contributed by atoms with van der Waals surface area (Å²) in [5.74, 6) is 0. The van der Waals surface area contributed by atoms with Gasteiger partial charge >= 0.3 is 0 Å². The zero-order valence-electron chi connectivity index (χ0n) is 9.14. The maximum absolute atomic E-state index is 13.6. The summed E-state index contributed by atoms with van der Waals surface area (Å²) in [4.78, 5) is 2.52. The number of hydrogen-bond donors (Lipinski definition) is 0. The Bertz CT molecular complexity index is 361. The molecule has 86 valence electrons. The maximum atomic E-state index is 13.6. The van der Waals surface area contributed by atoms with Gasteiger partial charge in [-0.15, -0.1) is 0 Å². The smallest absolute Gasteiger partial charge is 0.137 e. The summed E-state index contributed by atoms with van der Waals surface area (Å²) in [6.45, 7) is 1.42. The van der Waals surface area contributed by atoms with Crippen LogP contribution < -0.4 is 0 Å². The van der Waals surface area contributed by atoms with Crippen molar-refractivity contribution in [3.63, 3.8) is 0 Å². The lowest BCUT2D eigenvalue weighted by Crippen LogP contribution is -2.28. The summed E-state index contributed by atoms with van der Waals surface area (Å²) < 4.78 is 18.8. The topological polar surface area (TPSA) is 58.0 Å². The van der Waals surface area contributed by atoms with Gasteiger partial charge in [-0.05, 0) is 18.0 Å². The van der Waals surface area contributed by atoms with E-state index < -0.39 is 5.67 Å². The zero-order valence-corrected chi connectivity index (χ0v) is 9.14. The van der Waals surface area contributed by atoms with Crippen molar-refractivity contribution in [1.82, 2.24) is 0 Å². The van der Waals surface area contributed by atoms with Crippen LogP contribution in [-0.4, -0.2) is 18.8 Å². The van der Waals surface area contributed by atoms with E-state index in [1.165, 1.54) is 6.92 Å². The van der Waals surface area contributed by atoms with E-state index in [-0.39, 0.29) is 13.2 Å². The van der Waals surface area contributed by atoms with E-state index >= 15 is 0 Å². The maximum Gasteiger partial charge on any atom is 0.137 e. The van der Waals surface area contributed by atoms with Gasteiger partial charge in [-0.1, -0.05) is 35.4 Å². The number of halogens is 1. The van der Waals surface area contributed by atoms with Crippen molar-refractivity contribution in [1.29, 1.82) is 0 Å². The van der Waals surface area contributed by atoms with Crippen LogP contribution in [0, 0.1) is 0 Å². The molecule has 0 saturated heterocycles. The largest absolute Gasteiger partial charge is 0.373 e. The van der Waals surface area contributed by atoms with E-state index in [4.69, 9.17) is 10.3 Å². The van der Waals surface area contributed by atoms with E-state index in [0.29, 0.717) is 6.61 Å². The first-order chi connectivity index (χ1) is 7.64. The van der Waals surface area contributed by atoms with Crippen LogP contribution in [0.4, 0.5) is 4.39 Å². The van der Waals surface area contributed by atoms with Crippen molar-refractivity contribution in [2.75, 3.05) is 13.2 Å². The summed E-state index contributed by atoms with van der Waals surface area (Å²) in [6.07, 6.45) is 0. The van der Waals surface area contributed by atoms with Crippen molar-refractivity contribution >= 4 is 0 Å². The Balaban J connectivity index is 2.32. The number of ether oxygens (including phenoxy) is 1. The minimum atomic E-state index is -1.61. The first kappa shape index (κ1) is 12.5. The molecule has 1 aromatic carbocycles. The molecule has 0 radical (unpaired) electrons. The third-order valence-corrected chi connectivity index (χ3v) is 1.98. The van der Waals surface area contributed by atoms with E-state index in [2.05, 4.69) is 10.0 Å². The molecule has 0 amide bonds. The van der Waals surface area contributed by atoms with Crippen molar-refractivity contribution < 1.29 is 9.13 Å². The molecule has 0 N–H and O–H groups in total. The van der Waals surface area contributed by atoms with Crippen LogP contribution in [-0.2, 0) is 11.3 Å².